The van der Waals surface area contributed by atoms with Crippen LogP contribution in [0.15, 0.2) is 66.7 Å². The number of nitrogens with one attached hydrogen (secondary N) is 2. The van der Waals surface area contributed by atoms with E-state index in [1.54, 1.807) is 0 Å². The normalized spacial score (nSPS) is 14.2. The van der Waals surface area contributed by atoms with E-state index in [1.807, 2.05) is 30.3 Å². The summed E-state index contributed by atoms with van der Waals surface area (Å²) >= 11 is 5.93. The number of hydrogen-bond donors (Lipinski definition) is 2. The van der Waals surface area contributed by atoms with Crippen LogP contribution in [0.1, 0.15) is 36.5 Å². The topological polar surface area (TPSA) is 53.6 Å². The van der Waals surface area contributed by atoms with Crippen LogP contribution in [-0.4, -0.2) is 43.6 Å². The molecule has 0 aliphatic carbocycles. The van der Waals surface area contributed by atoms with Crippen LogP contribution in [0.2, 0.25) is 5.02 Å². The Morgan fingerprint density at radius 1 is 1.00 bits per heavy atom. The van der Waals surface area contributed by atoms with Crippen LogP contribution in [0.3, 0.4) is 0 Å². The van der Waals surface area contributed by atoms with Gasteiger partial charge in [0.1, 0.15) is 5.75 Å². The van der Waals surface area contributed by atoms with Crippen molar-refractivity contribution in [2.24, 2.45) is 0 Å². The molecule has 1 fully saturated rings. The molecule has 35 heavy (non-hydrogen) atoms. The zero-order valence-corrected chi connectivity index (χ0v) is 21.3. The summed E-state index contributed by atoms with van der Waals surface area (Å²) in [6, 6.07) is 22.5. The molecule has 0 bridgehead atoms. The average molecular weight is 492 g/mol. The van der Waals surface area contributed by atoms with Crippen LogP contribution >= 0.6 is 11.6 Å². The van der Waals surface area contributed by atoms with Gasteiger partial charge in [-0.3, -0.25) is 9.69 Å². The van der Waals surface area contributed by atoms with Crippen molar-refractivity contribution in [1.29, 1.82) is 0 Å². The lowest BCUT2D eigenvalue weighted by molar-refractivity contribution is -0.123. The number of carbonyl (C=O) groups excluding carboxylic acids is 1. The van der Waals surface area contributed by atoms with Crippen molar-refractivity contribution in [3.8, 4) is 16.9 Å². The Bertz CT molecular complexity index is 1110. The van der Waals surface area contributed by atoms with Crippen molar-refractivity contribution >= 4 is 17.5 Å². The van der Waals surface area contributed by atoms with Gasteiger partial charge in [-0.1, -0.05) is 67.9 Å². The lowest BCUT2D eigenvalue weighted by atomic mass is 9.97. The number of carbonyl (C=O) groups is 1. The van der Waals surface area contributed by atoms with E-state index < -0.39 is 0 Å². The number of hydrogen-bond acceptors (Lipinski definition) is 4. The van der Waals surface area contributed by atoms with Crippen molar-refractivity contribution in [2.45, 2.75) is 32.9 Å². The Labute approximate surface area is 213 Å². The van der Waals surface area contributed by atoms with Gasteiger partial charge in [0, 0.05) is 49.9 Å². The largest absolute Gasteiger partial charge is 0.483 e. The van der Waals surface area contributed by atoms with Crippen LogP contribution < -0.4 is 15.4 Å². The summed E-state index contributed by atoms with van der Waals surface area (Å²) in [4.78, 5) is 14.9. The number of amides is 1. The molecule has 5 nitrogen and oxygen atoms in total. The highest BCUT2D eigenvalue weighted by molar-refractivity contribution is 6.30. The molecule has 2 N–H and O–H groups in total. The molecule has 1 aliphatic rings. The summed E-state index contributed by atoms with van der Waals surface area (Å²) in [5.41, 5.74) is 5.77. The van der Waals surface area contributed by atoms with E-state index in [2.05, 4.69) is 65.8 Å². The first-order chi connectivity index (χ1) is 17.0. The molecular formula is C29H34ClN3O2. The first-order valence-electron chi connectivity index (χ1n) is 12.3. The minimum atomic E-state index is -0.151. The Hall–Kier alpha value is -2.86. The second-order valence-electron chi connectivity index (χ2n) is 9.32. The number of benzene rings is 3. The lowest BCUT2D eigenvalue weighted by Crippen LogP contribution is -2.43. The Kier molecular flexibility index (Phi) is 8.80. The molecule has 1 saturated heterocycles. The molecule has 4 rings (SSSR count). The summed E-state index contributed by atoms with van der Waals surface area (Å²) in [5, 5.41) is 7.00. The standard InChI is InChI=1S/C29H34ClN3O2/c1-21(2)23-5-7-24(8-6-23)25-9-12-28(26(17-25)19-33-15-13-31-14-16-33)35-20-29(34)32-18-22-3-10-27(30)11-4-22/h3-12,17,21,31H,13-16,18-20H2,1-2H3,(H,32,34). The Morgan fingerprint density at radius 2 is 1.69 bits per heavy atom. The minimum Gasteiger partial charge on any atom is -0.483 e. The highest BCUT2D eigenvalue weighted by Gasteiger charge is 2.15. The first kappa shape index (κ1) is 25.2. The summed E-state index contributed by atoms with van der Waals surface area (Å²) in [6.07, 6.45) is 0. The van der Waals surface area contributed by atoms with E-state index in [-0.39, 0.29) is 12.5 Å². The monoisotopic (exact) mass is 491 g/mol. The molecule has 3 aromatic rings. The molecule has 1 amide bonds. The predicted molar refractivity (Wildman–Crippen MR) is 143 cm³/mol. The van der Waals surface area contributed by atoms with Gasteiger partial charge in [0.05, 0.1) is 0 Å². The average Bonchev–Trinajstić information content (AvgIpc) is 2.88. The van der Waals surface area contributed by atoms with Crippen LogP contribution in [0.5, 0.6) is 5.75 Å². The number of nitrogens with zero attached hydrogens (tertiary/aromatic N) is 1. The Morgan fingerprint density at radius 3 is 2.37 bits per heavy atom. The highest BCUT2D eigenvalue weighted by atomic mass is 35.5. The smallest absolute Gasteiger partial charge is 0.258 e. The van der Waals surface area contributed by atoms with Crippen molar-refractivity contribution in [3.05, 3.63) is 88.4 Å². The molecule has 0 radical (unpaired) electrons. The predicted octanol–water partition coefficient (Wildman–Crippen LogP) is 5.23. The van der Waals surface area contributed by atoms with E-state index in [9.17, 15) is 4.79 Å². The zero-order chi connectivity index (χ0) is 24.6. The fourth-order valence-corrected chi connectivity index (χ4v) is 4.32. The second kappa shape index (κ2) is 12.2. The van der Waals surface area contributed by atoms with Crippen molar-refractivity contribution in [1.82, 2.24) is 15.5 Å². The van der Waals surface area contributed by atoms with Crippen molar-refractivity contribution in [3.63, 3.8) is 0 Å². The van der Waals surface area contributed by atoms with Gasteiger partial charge in [0.15, 0.2) is 6.61 Å². The Balaban J connectivity index is 1.45. The van der Waals surface area contributed by atoms with Crippen LogP contribution in [0.4, 0.5) is 0 Å². The number of piperazine rings is 1. The fourth-order valence-electron chi connectivity index (χ4n) is 4.19. The van der Waals surface area contributed by atoms with E-state index in [0.717, 1.165) is 55.2 Å². The van der Waals surface area contributed by atoms with Crippen LogP contribution in [0, 0.1) is 0 Å². The summed E-state index contributed by atoms with van der Waals surface area (Å²) in [6.45, 7) is 9.59. The summed E-state index contributed by atoms with van der Waals surface area (Å²) in [7, 11) is 0. The molecule has 184 valence electrons. The maximum absolute atomic E-state index is 12.5. The summed E-state index contributed by atoms with van der Waals surface area (Å²) in [5.74, 6) is 1.11. The van der Waals surface area contributed by atoms with E-state index >= 15 is 0 Å². The third-order valence-electron chi connectivity index (χ3n) is 6.34. The molecule has 0 spiro atoms. The van der Waals surface area contributed by atoms with E-state index in [4.69, 9.17) is 16.3 Å². The van der Waals surface area contributed by atoms with Crippen molar-refractivity contribution in [2.75, 3.05) is 32.8 Å². The molecule has 6 heteroatoms. The number of rotatable bonds is 9. The van der Waals surface area contributed by atoms with Gasteiger partial charge in [0.2, 0.25) is 0 Å². The molecule has 3 aromatic carbocycles. The van der Waals surface area contributed by atoms with E-state index in [1.165, 1.54) is 11.1 Å². The third kappa shape index (κ3) is 7.31. The molecule has 0 unspecified atom stereocenters. The van der Waals surface area contributed by atoms with Gasteiger partial charge in [0.25, 0.3) is 5.91 Å². The van der Waals surface area contributed by atoms with Gasteiger partial charge in [-0.15, -0.1) is 0 Å². The highest BCUT2D eigenvalue weighted by Crippen LogP contribution is 2.29. The SMILES string of the molecule is CC(C)c1ccc(-c2ccc(OCC(=O)NCc3ccc(Cl)cc3)c(CN3CCNCC3)c2)cc1. The maximum Gasteiger partial charge on any atom is 0.258 e. The minimum absolute atomic E-state index is 0.0232. The maximum atomic E-state index is 12.5. The third-order valence-corrected chi connectivity index (χ3v) is 6.59. The molecule has 1 aliphatic heterocycles. The van der Waals surface area contributed by atoms with Gasteiger partial charge < -0.3 is 15.4 Å². The molecular weight excluding hydrogens is 458 g/mol. The lowest BCUT2D eigenvalue weighted by Gasteiger charge is -2.28. The number of halogens is 1. The number of ether oxygens (including phenoxy) is 1. The van der Waals surface area contributed by atoms with Gasteiger partial charge >= 0.3 is 0 Å². The van der Waals surface area contributed by atoms with E-state index in [0.29, 0.717) is 17.5 Å². The summed E-state index contributed by atoms with van der Waals surface area (Å²) < 4.78 is 6.01. The molecule has 0 saturated carbocycles. The van der Waals surface area contributed by atoms with Crippen LogP contribution in [0.25, 0.3) is 11.1 Å². The quantitative estimate of drug-likeness (QED) is 0.430. The van der Waals surface area contributed by atoms with Crippen molar-refractivity contribution < 1.29 is 9.53 Å². The van der Waals surface area contributed by atoms with Crippen LogP contribution in [-0.2, 0) is 17.9 Å². The molecule has 0 aromatic heterocycles. The second-order valence-corrected chi connectivity index (χ2v) is 9.75. The fraction of sp³-hybridized carbons (Fsp3) is 0.345. The van der Waals surface area contributed by atoms with Gasteiger partial charge in [-0.05, 0) is 52.4 Å². The molecule has 1 heterocycles. The van der Waals surface area contributed by atoms with Gasteiger partial charge in [-0.2, -0.15) is 0 Å². The first-order valence-corrected chi connectivity index (χ1v) is 12.7. The zero-order valence-electron chi connectivity index (χ0n) is 20.5. The van der Waals surface area contributed by atoms with Gasteiger partial charge in [-0.25, -0.2) is 0 Å². The molecule has 0 atom stereocenters.